The van der Waals surface area contributed by atoms with Gasteiger partial charge in [-0.15, -0.1) is 0 Å². The third kappa shape index (κ3) is 3.59. The van der Waals surface area contributed by atoms with Crippen molar-refractivity contribution in [3.63, 3.8) is 0 Å². The van der Waals surface area contributed by atoms with Crippen molar-refractivity contribution in [3.05, 3.63) is 24.3 Å². The molecule has 5 heteroatoms. The van der Waals surface area contributed by atoms with E-state index in [4.69, 9.17) is 4.98 Å². The highest BCUT2D eigenvalue weighted by atomic mass is 32.1. The van der Waals surface area contributed by atoms with Crippen molar-refractivity contribution < 1.29 is 5.11 Å². The van der Waals surface area contributed by atoms with Crippen molar-refractivity contribution in [2.24, 2.45) is 5.41 Å². The summed E-state index contributed by atoms with van der Waals surface area (Å²) in [5.41, 5.74) is 1.04. The van der Waals surface area contributed by atoms with Crippen LogP contribution in [0.15, 0.2) is 24.3 Å². The first-order chi connectivity index (χ1) is 10.6. The van der Waals surface area contributed by atoms with E-state index in [1.165, 1.54) is 17.5 Å². The van der Waals surface area contributed by atoms with Crippen LogP contribution in [0.4, 0.5) is 5.13 Å². The minimum Gasteiger partial charge on any atom is -0.396 e. The van der Waals surface area contributed by atoms with Gasteiger partial charge < -0.3 is 15.3 Å². The Hall–Kier alpha value is -1.17. The van der Waals surface area contributed by atoms with Crippen molar-refractivity contribution in [1.82, 2.24) is 10.3 Å². The van der Waals surface area contributed by atoms with Gasteiger partial charge in [-0.25, -0.2) is 4.98 Å². The number of para-hydroxylation sites is 1. The number of hydrogen-bond acceptors (Lipinski definition) is 5. The molecule has 22 heavy (non-hydrogen) atoms. The Kier molecular flexibility index (Phi) is 4.66. The molecule has 4 nitrogen and oxygen atoms in total. The second-order valence-corrected chi connectivity index (χ2v) is 7.96. The normalized spacial score (nSPS) is 19.8. The Morgan fingerprint density at radius 1 is 1.41 bits per heavy atom. The van der Waals surface area contributed by atoms with E-state index in [1.807, 2.05) is 6.07 Å². The number of rotatable bonds is 5. The number of piperidine rings is 1. The molecule has 0 bridgehead atoms. The van der Waals surface area contributed by atoms with Crippen LogP contribution in [0.5, 0.6) is 0 Å². The summed E-state index contributed by atoms with van der Waals surface area (Å²) in [6.45, 7) is 7.33. The maximum atomic E-state index is 9.38. The Morgan fingerprint density at radius 3 is 3.00 bits per heavy atom. The highest BCUT2D eigenvalue weighted by molar-refractivity contribution is 7.22. The first-order valence-electron chi connectivity index (χ1n) is 8.02. The average Bonchev–Trinajstić information content (AvgIpc) is 2.97. The van der Waals surface area contributed by atoms with Crippen LogP contribution in [0.25, 0.3) is 10.2 Å². The van der Waals surface area contributed by atoms with Gasteiger partial charge in [-0.1, -0.05) is 37.3 Å². The quantitative estimate of drug-likeness (QED) is 0.890. The predicted molar refractivity (Wildman–Crippen MR) is 93.7 cm³/mol. The smallest absolute Gasteiger partial charge is 0.186 e. The summed E-state index contributed by atoms with van der Waals surface area (Å²) >= 11 is 1.78. The molecule has 2 aromatic rings. The molecular weight excluding hydrogens is 294 g/mol. The van der Waals surface area contributed by atoms with Crippen molar-refractivity contribution in [2.45, 2.75) is 32.7 Å². The van der Waals surface area contributed by atoms with Crippen LogP contribution in [0.1, 0.15) is 26.7 Å². The topological polar surface area (TPSA) is 48.4 Å². The highest BCUT2D eigenvalue weighted by Gasteiger charge is 2.24. The number of aliphatic hydroxyl groups is 1. The number of fused-ring (bicyclic) bond motifs is 1. The van der Waals surface area contributed by atoms with Gasteiger partial charge in [0.2, 0.25) is 0 Å². The second kappa shape index (κ2) is 6.52. The molecule has 2 N–H and O–H groups in total. The van der Waals surface area contributed by atoms with Crippen LogP contribution in [-0.2, 0) is 0 Å². The Balaban J connectivity index is 1.65. The molecule has 1 aliphatic rings. The maximum absolute atomic E-state index is 9.38. The number of nitrogens with zero attached hydrogens (tertiary/aromatic N) is 2. The number of hydrogen-bond donors (Lipinski definition) is 2. The zero-order chi connectivity index (χ0) is 15.6. The molecule has 1 fully saturated rings. The summed E-state index contributed by atoms with van der Waals surface area (Å²) in [7, 11) is 0. The van der Waals surface area contributed by atoms with E-state index in [0.29, 0.717) is 6.04 Å². The van der Waals surface area contributed by atoms with Gasteiger partial charge in [0.25, 0.3) is 0 Å². The van der Waals surface area contributed by atoms with Gasteiger partial charge in [-0.3, -0.25) is 0 Å². The van der Waals surface area contributed by atoms with Gasteiger partial charge in [0.15, 0.2) is 5.13 Å². The molecule has 1 unspecified atom stereocenters. The fourth-order valence-corrected chi connectivity index (χ4v) is 3.79. The van der Waals surface area contributed by atoms with Crippen LogP contribution in [0.2, 0.25) is 0 Å². The summed E-state index contributed by atoms with van der Waals surface area (Å²) in [6, 6.07) is 8.82. The number of aromatic nitrogens is 1. The van der Waals surface area contributed by atoms with Crippen LogP contribution >= 0.6 is 11.3 Å². The van der Waals surface area contributed by atoms with Crippen molar-refractivity contribution >= 4 is 26.7 Å². The molecule has 0 aliphatic carbocycles. The van der Waals surface area contributed by atoms with E-state index in [1.54, 1.807) is 11.3 Å². The molecule has 120 valence electrons. The summed E-state index contributed by atoms with van der Waals surface area (Å²) in [4.78, 5) is 7.17. The lowest BCUT2D eigenvalue weighted by atomic mass is 9.94. The lowest BCUT2D eigenvalue weighted by Crippen LogP contribution is -2.48. The van der Waals surface area contributed by atoms with Crippen LogP contribution < -0.4 is 10.2 Å². The molecule has 1 aliphatic heterocycles. The fraction of sp³-hybridized carbons (Fsp3) is 0.588. The predicted octanol–water partition coefficient (Wildman–Crippen LogP) is 2.87. The lowest BCUT2D eigenvalue weighted by molar-refractivity contribution is 0.151. The van der Waals surface area contributed by atoms with Gasteiger partial charge in [0.1, 0.15) is 0 Å². The Morgan fingerprint density at radius 2 is 2.23 bits per heavy atom. The molecule has 0 spiro atoms. The molecule has 1 aromatic heterocycles. The van der Waals surface area contributed by atoms with E-state index >= 15 is 0 Å². The van der Waals surface area contributed by atoms with E-state index in [9.17, 15) is 5.11 Å². The van der Waals surface area contributed by atoms with E-state index in [-0.39, 0.29) is 12.0 Å². The zero-order valence-electron chi connectivity index (χ0n) is 13.4. The Bertz CT molecular complexity index is 592. The lowest BCUT2D eigenvalue weighted by Gasteiger charge is -2.35. The number of benzene rings is 1. The molecule has 0 radical (unpaired) electrons. The fourth-order valence-electron chi connectivity index (χ4n) is 2.79. The molecule has 1 atom stereocenters. The zero-order valence-corrected chi connectivity index (χ0v) is 14.2. The maximum Gasteiger partial charge on any atom is 0.186 e. The van der Waals surface area contributed by atoms with E-state index in [0.717, 1.165) is 30.3 Å². The van der Waals surface area contributed by atoms with E-state index in [2.05, 4.69) is 42.3 Å². The molecule has 0 saturated carbocycles. The van der Waals surface area contributed by atoms with Crippen LogP contribution in [0, 0.1) is 5.41 Å². The molecule has 2 heterocycles. The summed E-state index contributed by atoms with van der Waals surface area (Å²) in [5, 5.41) is 14.1. The van der Waals surface area contributed by atoms with Gasteiger partial charge in [0.05, 0.1) is 10.2 Å². The number of nitrogens with one attached hydrogen (secondary N) is 1. The average molecular weight is 319 g/mol. The van der Waals surface area contributed by atoms with Crippen molar-refractivity contribution in [2.75, 3.05) is 31.1 Å². The van der Waals surface area contributed by atoms with Crippen LogP contribution in [-0.4, -0.2) is 42.4 Å². The van der Waals surface area contributed by atoms with E-state index < -0.39 is 0 Å². The minimum atomic E-state index is -0.0574. The summed E-state index contributed by atoms with van der Waals surface area (Å²) in [6.07, 6.45) is 2.38. The largest absolute Gasteiger partial charge is 0.396 e. The van der Waals surface area contributed by atoms with Gasteiger partial charge >= 0.3 is 0 Å². The third-order valence-corrected chi connectivity index (χ3v) is 5.37. The first kappa shape index (κ1) is 15.7. The second-order valence-electron chi connectivity index (χ2n) is 6.95. The van der Waals surface area contributed by atoms with Gasteiger partial charge in [-0.05, 0) is 25.0 Å². The summed E-state index contributed by atoms with van der Waals surface area (Å²) in [5.74, 6) is 0. The number of aliphatic hydroxyl groups excluding tert-OH is 1. The van der Waals surface area contributed by atoms with Crippen molar-refractivity contribution in [1.29, 1.82) is 0 Å². The summed E-state index contributed by atoms with van der Waals surface area (Å²) < 4.78 is 1.26. The first-order valence-corrected chi connectivity index (χ1v) is 8.84. The Labute approximate surface area is 136 Å². The monoisotopic (exact) mass is 319 g/mol. The molecule has 1 saturated heterocycles. The molecule has 1 aromatic carbocycles. The third-order valence-electron chi connectivity index (χ3n) is 4.27. The number of thiazole rings is 1. The standard InChI is InChI=1S/C17H25N3OS/c1-17(2,12-21)11-18-13-6-5-9-20(10-13)16-19-14-7-3-4-8-15(14)22-16/h3-4,7-8,13,18,21H,5-6,9-12H2,1-2H3. The van der Waals surface area contributed by atoms with Crippen LogP contribution in [0.3, 0.4) is 0 Å². The minimum absolute atomic E-state index is 0.0574. The highest BCUT2D eigenvalue weighted by Crippen LogP contribution is 2.30. The van der Waals surface area contributed by atoms with Gasteiger partial charge in [-0.2, -0.15) is 0 Å². The molecule has 3 rings (SSSR count). The van der Waals surface area contributed by atoms with Crippen molar-refractivity contribution in [3.8, 4) is 0 Å². The van der Waals surface area contributed by atoms with Gasteiger partial charge in [0, 0.05) is 37.7 Å². The molecule has 0 amide bonds. The number of anilines is 1. The SMILES string of the molecule is CC(C)(CO)CNC1CCCN(c2nc3ccccc3s2)C1. The molecular formula is C17H25N3OS.